The van der Waals surface area contributed by atoms with Gasteiger partial charge in [-0.3, -0.25) is 4.79 Å². The molecule has 0 bridgehead atoms. The molecule has 0 aliphatic rings. The molecule has 110 valence electrons. The van der Waals surface area contributed by atoms with Crippen LogP contribution < -0.4 is 10.6 Å². The first-order chi connectivity index (χ1) is 8.66. The van der Waals surface area contributed by atoms with Gasteiger partial charge in [0.15, 0.2) is 0 Å². The summed E-state index contributed by atoms with van der Waals surface area (Å²) >= 11 is 1.51. The Labute approximate surface area is 125 Å². The van der Waals surface area contributed by atoms with Crippen LogP contribution in [0.1, 0.15) is 35.0 Å². The van der Waals surface area contributed by atoms with Crippen LogP contribution in [-0.4, -0.2) is 39.3 Å². The van der Waals surface area contributed by atoms with Crippen molar-refractivity contribution in [3.05, 3.63) is 21.9 Å². The number of carbonyl (C=O) groups excluding carboxylic acids is 1. The molecule has 0 fully saturated rings. The standard InChI is InChI=1S/C13H22N2O2S.ClH/c1-10(2)11-4-9-18-12(11)13(16)15-6-5-14-7-8-17-3;/h4,9-10,14H,5-8H2,1-3H3,(H,15,16);1H. The Morgan fingerprint density at radius 2 is 2.11 bits per heavy atom. The predicted octanol–water partition coefficient (Wildman–Crippen LogP) is 2.26. The Morgan fingerprint density at radius 3 is 2.74 bits per heavy atom. The second-order valence-corrected chi connectivity index (χ2v) is 5.27. The summed E-state index contributed by atoms with van der Waals surface area (Å²) in [4.78, 5) is 12.8. The predicted molar refractivity (Wildman–Crippen MR) is 82.7 cm³/mol. The molecule has 1 rings (SSSR count). The maximum Gasteiger partial charge on any atom is 0.261 e. The first-order valence-electron chi connectivity index (χ1n) is 6.22. The lowest BCUT2D eigenvalue weighted by Crippen LogP contribution is -2.33. The summed E-state index contributed by atoms with van der Waals surface area (Å²) in [5.74, 6) is 0.416. The highest BCUT2D eigenvalue weighted by Gasteiger charge is 2.14. The van der Waals surface area contributed by atoms with Crippen LogP contribution in [-0.2, 0) is 4.74 Å². The quantitative estimate of drug-likeness (QED) is 0.724. The maximum atomic E-state index is 12.0. The van der Waals surface area contributed by atoms with Gasteiger partial charge in [-0.2, -0.15) is 0 Å². The summed E-state index contributed by atoms with van der Waals surface area (Å²) in [5.41, 5.74) is 1.13. The number of ether oxygens (including phenoxy) is 1. The van der Waals surface area contributed by atoms with Gasteiger partial charge in [-0.15, -0.1) is 23.7 Å². The fourth-order valence-corrected chi connectivity index (χ4v) is 2.57. The summed E-state index contributed by atoms with van der Waals surface area (Å²) in [6, 6.07) is 2.03. The minimum absolute atomic E-state index is 0. The minimum atomic E-state index is 0. The third-order valence-electron chi connectivity index (χ3n) is 2.59. The monoisotopic (exact) mass is 306 g/mol. The van der Waals surface area contributed by atoms with Crippen molar-refractivity contribution in [3.8, 4) is 0 Å². The summed E-state index contributed by atoms with van der Waals surface area (Å²) in [5, 5.41) is 8.09. The number of amides is 1. The average molecular weight is 307 g/mol. The van der Waals surface area contributed by atoms with Crippen LogP contribution in [0.5, 0.6) is 0 Å². The topological polar surface area (TPSA) is 50.4 Å². The molecule has 0 saturated heterocycles. The van der Waals surface area contributed by atoms with Crippen molar-refractivity contribution in [2.75, 3.05) is 33.4 Å². The number of rotatable bonds is 8. The van der Waals surface area contributed by atoms with Crippen LogP contribution in [0.2, 0.25) is 0 Å². The van der Waals surface area contributed by atoms with Gasteiger partial charge >= 0.3 is 0 Å². The van der Waals surface area contributed by atoms with E-state index >= 15 is 0 Å². The molecule has 6 heteroatoms. The van der Waals surface area contributed by atoms with E-state index in [9.17, 15) is 4.79 Å². The Kier molecular flexibility index (Phi) is 9.87. The molecular formula is C13H23ClN2O2S. The van der Waals surface area contributed by atoms with Crippen molar-refractivity contribution in [1.82, 2.24) is 10.6 Å². The molecule has 1 amide bonds. The molecule has 1 aromatic rings. The molecule has 2 N–H and O–H groups in total. The lowest BCUT2D eigenvalue weighted by molar-refractivity contribution is 0.0956. The van der Waals surface area contributed by atoms with Gasteiger partial charge in [0.2, 0.25) is 0 Å². The van der Waals surface area contributed by atoms with Crippen LogP contribution in [0.3, 0.4) is 0 Å². The highest BCUT2D eigenvalue weighted by Crippen LogP contribution is 2.24. The van der Waals surface area contributed by atoms with Gasteiger partial charge in [0.1, 0.15) is 0 Å². The zero-order chi connectivity index (χ0) is 13.4. The van der Waals surface area contributed by atoms with Crippen LogP contribution in [0.25, 0.3) is 0 Å². The lowest BCUT2D eigenvalue weighted by atomic mass is 10.0. The summed E-state index contributed by atoms with van der Waals surface area (Å²) in [6.45, 7) is 7.10. The normalized spacial score (nSPS) is 10.3. The van der Waals surface area contributed by atoms with Gasteiger partial charge in [0.05, 0.1) is 11.5 Å². The molecule has 0 atom stereocenters. The Bertz CT molecular complexity index is 369. The van der Waals surface area contributed by atoms with Gasteiger partial charge in [-0.25, -0.2) is 0 Å². The SMILES string of the molecule is COCCNCCNC(=O)c1sccc1C(C)C.Cl. The van der Waals surface area contributed by atoms with Crippen LogP contribution in [0.4, 0.5) is 0 Å². The van der Waals surface area contributed by atoms with Gasteiger partial charge in [0.25, 0.3) is 5.91 Å². The van der Waals surface area contributed by atoms with E-state index in [2.05, 4.69) is 24.5 Å². The second-order valence-electron chi connectivity index (χ2n) is 4.36. The number of thiophene rings is 1. The average Bonchev–Trinajstić information content (AvgIpc) is 2.82. The van der Waals surface area contributed by atoms with Crippen molar-refractivity contribution < 1.29 is 9.53 Å². The zero-order valence-corrected chi connectivity index (χ0v) is 13.3. The molecule has 0 aromatic carbocycles. The summed E-state index contributed by atoms with van der Waals surface area (Å²) in [6.07, 6.45) is 0. The Hall–Kier alpha value is -0.620. The molecule has 0 spiro atoms. The second kappa shape index (κ2) is 10.2. The van der Waals surface area contributed by atoms with E-state index in [0.717, 1.165) is 23.5 Å². The molecule has 0 saturated carbocycles. The van der Waals surface area contributed by atoms with Crippen LogP contribution in [0.15, 0.2) is 11.4 Å². The highest BCUT2D eigenvalue weighted by molar-refractivity contribution is 7.12. The van der Waals surface area contributed by atoms with E-state index in [1.165, 1.54) is 11.3 Å². The zero-order valence-electron chi connectivity index (χ0n) is 11.7. The van der Waals surface area contributed by atoms with Gasteiger partial charge < -0.3 is 15.4 Å². The number of halogens is 1. The molecule has 0 unspecified atom stereocenters. The first kappa shape index (κ1) is 18.4. The molecule has 19 heavy (non-hydrogen) atoms. The lowest BCUT2D eigenvalue weighted by Gasteiger charge is -2.08. The van der Waals surface area contributed by atoms with Crippen LogP contribution >= 0.6 is 23.7 Å². The van der Waals surface area contributed by atoms with E-state index in [-0.39, 0.29) is 18.3 Å². The summed E-state index contributed by atoms with van der Waals surface area (Å²) in [7, 11) is 1.67. The largest absolute Gasteiger partial charge is 0.383 e. The van der Waals surface area contributed by atoms with E-state index in [4.69, 9.17) is 4.74 Å². The van der Waals surface area contributed by atoms with E-state index < -0.39 is 0 Å². The van der Waals surface area contributed by atoms with Crippen molar-refractivity contribution in [1.29, 1.82) is 0 Å². The van der Waals surface area contributed by atoms with Gasteiger partial charge in [0, 0.05) is 26.7 Å². The van der Waals surface area contributed by atoms with Crippen molar-refractivity contribution >= 4 is 29.7 Å². The third-order valence-corrected chi connectivity index (χ3v) is 3.52. The number of carbonyl (C=O) groups is 1. The van der Waals surface area contributed by atoms with Crippen molar-refractivity contribution in [2.24, 2.45) is 0 Å². The molecular weight excluding hydrogens is 284 g/mol. The fourth-order valence-electron chi connectivity index (χ4n) is 1.60. The first-order valence-corrected chi connectivity index (χ1v) is 7.10. The molecule has 4 nitrogen and oxygen atoms in total. The van der Waals surface area contributed by atoms with E-state index in [0.29, 0.717) is 19.1 Å². The number of hydrogen-bond acceptors (Lipinski definition) is 4. The maximum absolute atomic E-state index is 12.0. The van der Waals surface area contributed by atoms with Gasteiger partial charge in [-0.05, 0) is 22.9 Å². The summed E-state index contributed by atoms with van der Waals surface area (Å²) < 4.78 is 4.92. The Morgan fingerprint density at radius 1 is 1.37 bits per heavy atom. The fraction of sp³-hybridized carbons (Fsp3) is 0.615. The number of nitrogens with one attached hydrogen (secondary N) is 2. The third kappa shape index (κ3) is 6.38. The Balaban J connectivity index is 0.00000324. The van der Waals surface area contributed by atoms with Crippen LogP contribution in [0, 0.1) is 0 Å². The molecule has 1 aromatic heterocycles. The smallest absolute Gasteiger partial charge is 0.261 e. The van der Waals surface area contributed by atoms with Crippen molar-refractivity contribution in [3.63, 3.8) is 0 Å². The van der Waals surface area contributed by atoms with E-state index in [1.807, 2.05) is 11.4 Å². The van der Waals surface area contributed by atoms with Gasteiger partial charge in [-0.1, -0.05) is 13.8 Å². The molecule has 0 aliphatic carbocycles. The minimum Gasteiger partial charge on any atom is -0.383 e. The highest BCUT2D eigenvalue weighted by atomic mass is 35.5. The molecule has 0 aliphatic heterocycles. The molecule has 0 radical (unpaired) electrons. The molecule has 1 heterocycles. The van der Waals surface area contributed by atoms with E-state index in [1.54, 1.807) is 7.11 Å². The number of methoxy groups -OCH3 is 1. The van der Waals surface area contributed by atoms with Crippen molar-refractivity contribution in [2.45, 2.75) is 19.8 Å². The number of hydrogen-bond donors (Lipinski definition) is 2.